The van der Waals surface area contributed by atoms with Crippen molar-refractivity contribution in [3.63, 3.8) is 0 Å². The second-order valence-corrected chi connectivity index (χ2v) is 13.8. The Morgan fingerprint density at radius 2 is 1.74 bits per heavy atom. The Hall–Kier alpha value is -1.46. The second kappa shape index (κ2) is 10.8. The van der Waals surface area contributed by atoms with Gasteiger partial charge in [-0.15, -0.1) is 23.2 Å². The van der Waals surface area contributed by atoms with Crippen LogP contribution in [0.4, 0.5) is 5.69 Å². The van der Waals surface area contributed by atoms with Gasteiger partial charge in [-0.25, -0.2) is 4.79 Å². The molecule has 38 heavy (non-hydrogen) atoms. The number of hydrogen-bond acceptors (Lipinski definition) is 4. The molecule has 1 amide bonds. The van der Waals surface area contributed by atoms with Crippen molar-refractivity contribution >= 4 is 40.8 Å². The van der Waals surface area contributed by atoms with Crippen molar-refractivity contribution < 1.29 is 14.3 Å². The molecule has 210 valence electrons. The van der Waals surface area contributed by atoms with Gasteiger partial charge >= 0.3 is 5.97 Å². The summed E-state index contributed by atoms with van der Waals surface area (Å²) in [6.07, 6.45) is 9.18. The number of nitrogens with one attached hydrogen (secondary N) is 1. The minimum absolute atomic E-state index is 0.0401. The number of amides is 1. The van der Waals surface area contributed by atoms with Crippen LogP contribution in [0.3, 0.4) is 0 Å². The molecule has 0 unspecified atom stereocenters. The van der Waals surface area contributed by atoms with Crippen LogP contribution in [-0.2, 0) is 9.53 Å². The van der Waals surface area contributed by atoms with E-state index < -0.39 is 0 Å². The van der Waals surface area contributed by atoms with Crippen molar-refractivity contribution in [1.29, 1.82) is 0 Å². The van der Waals surface area contributed by atoms with Crippen molar-refractivity contribution in [2.75, 3.05) is 29.7 Å². The lowest BCUT2D eigenvalue weighted by atomic mass is 9.40. The summed E-state index contributed by atoms with van der Waals surface area (Å²) in [5.41, 5.74) is 1.77. The maximum absolute atomic E-state index is 13.5. The van der Waals surface area contributed by atoms with Crippen LogP contribution in [0.2, 0.25) is 0 Å². The monoisotopic (exact) mass is 562 g/mol. The van der Waals surface area contributed by atoms with Crippen LogP contribution in [-0.4, -0.2) is 48.4 Å². The first-order chi connectivity index (χ1) is 18.1. The van der Waals surface area contributed by atoms with Gasteiger partial charge in [0.1, 0.15) is 6.10 Å². The van der Waals surface area contributed by atoms with Crippen LogP contribution in [0.1, 0.15) is 88.9 Å². The number of hydrogen-bond donors (Lipinski definition) is 1. The Morgan fingerprint density at radius 3 is 2.47 bits per heavy atom. The summed E-state index contributed by atoms with van der Waals surface area (Å²) in [5, 5.41) is 3.38. The van der Waals surface area contributed by atoms with Crippen LogP contribution in [0.25, 0.3) is 0 Å². The molecule has 0 aromatic heterocycles. The molecule has 3 saturated carbocycles. The standard InChI is InChI=1S/C31H44Cl2N2O3/c1-29-13-11-22-24(12-15-31(3)25(22)8-9-27(36)34-31)30(29,2)14-10-21(20-29)38-28(37)23-6-4-5-7-26(23)35(18-16-32)19-17-33/h4-7,21-22,24-25H,8-20H2,1-3H3,(H,34,36)/t21-,22-,24+,25+,29+,30-,31+/m1/s1. The van der Waals surface area contributed by atoms with E-state index in [4.69, 9.17) is 27.9 Å². The molecule has 4 aliphatic rings. The van der Waals surface area contributed by atoms with E-state index in [2.05, 4.69) is 31.0 Å². The van der Waals surface area contributed by atoms with E-state index in [9.17, 15) is 9.59 Å². The van der Waals surface area contributed by atoms with E-state index in [1.807, 2.05) is 24.3 Å². The number of piperidine rings is 1. The van der Waals surface area contributed by atoms with Crippen LogP contribution in [0, 0.1) is 28.6 Å². The number of para-hydroxylation sites is 1. The van der Waals surface area contributed by atoms with Gasteiger partial charge in [0, 0.05) is 36.8 Å². The molecular weight excluding hydrogens is 519 g/mol. The van der Waals surface area contributed by atoms with E-state index in [-0.39, 0.29) is 34.3 Å². The van der Waals surface area contributed by atoms with E-state index >= 15 is 0 Å². The Morgan fingerprint density at radius 1 is 1.00 bits per heavy atom. The summed E-state index contributed by atoms with van der Waals surface area (Å²) in [6.45, 7) is 8.53. The van der Waals surface area contributed by atoms with Crippen molar-refractivity contribution in [2.45, 2.75) is 90.2 Å². The summed E-state index contributed by atoms with van der Waals surface area (Å²) >= 11 is 12.1. The largest absolute Gasteiger partial charge is 0.459 e. The van der Waals surface area contributed by atoms with Gasteiger partial charge in [-0.05, 0) is 99.0 Å². The van der Waals surface area contributed by atoms with Gasteiger partial charge in [-0.1, -0.05) is 26.0 Å². The average Bonchev–Trinajstić information content (AvgIpc) is 2.88. The number of carbonyl (C=O) groups is 2. The smallest absolute Gasteiger partial charge is 0.340 e. The molecule has 0 spiro atoms. The molecule has 7 heteroatoms. The zero-order chi connectivity index (χ0) is 27.1. The highest BCUT2D eigenvalue weighted by Crippen LogP contribution is 2.67. The first kappa shape index (κ1) is 28.1. The van der Waals surface area contributed by atoms with Crippen molar-refractivity contribution in [3.8, 4) is 0 Å². The second-order valence-electron chi connectivity index (χ2n) is 13.1. The number of rotatable bonds is 7. The van der Waals surface area contributed by atoms with Crippen LogP contribution >= 0.6 is 23.2 Å². The first-order valence-corrected chi connectivity index (χ1v) is 15.7. The number of nitrogens with zero attached hydrogens (tertiary/aromatic N) is 1. The molecule has 1 aromatic rings. The molecule has 1 aromatic carbocycles. The number of anilines is 1. The third kappa shape index (κ3) is 4.85. The van der Waals surface area contributed by atoms with Crippen molar-refractivity contribution in [1.82, 2.24) is 5.32 Å². The minimum atomic E-state index is -0.244. The average molecular weight is 564 g/mol. The van der Waals surface area contributed by atoms with Crippen molar-refractivity contribution in [3.05, 3.63) is 29.8 Å². The number of alkyl halides is 2. The van der Waals surface area contributed by atoms with Gasteiger partial charge in [0.2, 0.25) is 5.91 Å². The number of ether oxygens (including phenoxy) is 1. The maximum atomic E-state index is 13.5. The van der Waals surface area contributed by atoms with E-state index in [0.29, 0.717) is 54.6 Å². The van der Waals surface area contributed by atoms with Gasteiger partial charge in [0.25, 0.3) is 0 Å². The molecule has 1 saturated heterocycles. The maximum Gasteiger partial charge on any atom is 0.340 e. The number of halogens is 2. The lowest BCUT2D eigenvalue weighted by Gasteiger charge is -2.66. The molecule has 0 radical (unpaired) electrons. The zero-order valence-corrected chi connectivity index (χ0v) is 24.8. The molecule has 1 aliphatic heterocycles. The fourth-order valence-electron chi connectivity index (χ4n) is 9.06. The van der Waals surface area contributed by atoms with Crippen molar-refractivity contribution in [2.24, 2.45) is 28.6 Å². The van der Waals surface area contributed by atoms with Crippen LogP contribution in [0.5, 0.6) is 0 Å². The van der Waals surface area contributed by atoms with Crippen LogP contribution < -0.4 is 10.2 Å². The number of benzene rings is 1. The Balaban J connectivity index is 1.30. The molecule has 0 bridgehead atoms. The summed E-state index contributed by atoms with van der Waals surface area (Å²) in [5.74, 6) is 2.84. The third-order valence-corrected chi connectivity index (χ3v) is 11.6. The first-order valence-electron chi connectivity index (χ1n) is 14.6. The van der Waals surface area contributed by atoms with Crippen LogP contribution in [0.15, 0.2) is 24.3 Å². The zero-order valence-electron chi connectivity index (χ0n) is 23.2. The Labute approximate surface area is 238 Å². The van der Waals surface area contributed by atoms with Gasteiger partial charge in [0.15, 0.2) is 0 Å². The number of esters is 1. The van der Waals surface area contributed by atoms with Gasteiger partial charge in [-0.3, -0.25) is 4.79 Å². The lowest BCUT2D eigenvalue weighted by molar-refractivity contribution is -0.171. The Kier molecular flexibility index (Phi) is 8.01. The molecule has 5 rings (SSSR count). The highest BCUT2D eigenvalue weighted by atomic mass is 35.5. The van der Waals surface area contributed by atoms with Gasteiger partial charge in [-0.2, -0.15) is 0 Å². The molecule has 3 aliphatic carbocycles. The fourth-order valence-corrected chi connectivity index (χ4v) is 9.47. The molecule has 1 N–H and O–H groups in total. The fraction of sp³-hybridized carbons (Fsp3) is 0.742. The summed E-state index contributed by atoms with van der Waals surface area (Å²) in [4.78, 5) is 27.8. The third-order valence-electron chi connectivity index (χ3n) is 11.3. The van der Waals surface area contributed by atoms with E-state index in [1.54, 1.807) is 0 Å². The molecule has 7 atom stereocenters. The normalized spacial score (nSPS) is 38.3. The molecule has 5 nitrogen and oxygen atoms in total. The lowest BCUT2D eigenvalue weighted by Crippen LogP contribution is -2.65. The highest BCUT2D eigenvalue weighted by molar-refractivity contribution is 6.18. The van der Waals surface area contributed by atoms with E-state index in [1.165, 1.54) is 12.8 Å². The predicted octanol–water partition coefficient (Wildman–Crippen LogP) is 6.80. The topological polar surface area (TPSA) is 58.6 Å². The summed E-state index contributed by atoms with van der Waals surface area (Å²) in [6, 6.07) is 7.65. The molecule has 4 fully saturated rings. The minimum Gasteiger partial charge on any atom is -0.459 e. The quantitative estimate of drug-likeness (QED) is 0.293. The molecular formula is C31H44Cl2N2O3. The Bertz CT molecular complexity index is 1050. The number of carbonyl (C=O) groups excluding carboxylic acids is 2. The van der Waals surface area contributed by atoms with Gasteiger partial charge < -0.3 is 15.0 Å². The number of fused-ring (bicyclic) bond motifs is 5. The predicted molar refractivity (Wildman–Crippen MR) is 154 cm³/mol. The molecule has 1 heterocycles. The van der Waals surface area contributed by atoms with Gasteiger partial charge in [0.05, 0.1) is 11.3 Å². The SMILES string of the molecule is C[C@@]12CC[C@H]3[C@@H]4CCC(=O)N[C@@]4(C)CC[C@@H]3[C@@]1(C)CC[C@@H](OC(=O)c1ccccc1N(CCCl)CCCl)C2. The summed E-state index contributed by atoms with van der Waals surface area (Å²) in [7, 11) is 0. The summed E-state index contributed by atoms with van der Waals surface area (Å²) < 4.78 is 6.25. The highest BCUT2D eigenvalue weighted by Gasteiger charge is 2.62. The van der Waals surface area contributed by atoms with E-state index in [0.717, 1.165) is 44.2 Å².